The van der Waals surface area contributed by atoms with Crippen LogP contribution in [0.15, 0.2) is 0 Å². The lowest BCUT2D eigenvalue weighted by Crippen LogP contribution is -2.42. The van der Waals surface area contributed by atoms with Gasteiger partial charge in [0.15, 0.2) is 0 Å². The molecule has 1 aliphatic rings. The lowest BCUT2D eigenvalue weighted by Gasteiger charge is -2.21. The van der Waals surface area contributed by atoms with E-state index < -0.39 is 5.97 Å². The number of amides is 2. The number of carbonyl (C=O) groups is 2. The Balaban J connectivity index is 2.19. The normalized spacial score (nSPS) is 18.6. The predicted molar refractivity (Wildman–Crippen MR) is 77.7 cm³/mol. The van der Waals surface area contributed by atoms with Crippen molar-refractivity contribution in [2.45, 2.75) is 33.1 Å². The van der Waals surface area contributed by atoms with Crippen molar-refractivity contribution in [2.75, 3.05) is 39.3 Å². The molecule has 1 rings (SSSR count). The van der Waals surface area contributed by atoms with Crippen molar-refractivity contribution < 1.29 is 14.7 Å². The maximum absolute atomic E-state index is 12.0. The quantitative estimate of drug-likeness (QED) is 0.703. The van der Waals surface area contributed by atoms with Crippen LogP contribution in [0.2, 0.25) is 0 Å². The van der Waals surface area contributed by atoms with Gasteiger partial charge in [-0.05, 0) is 31.8 Å². The molecule has 0 aliphatic carbocycles. The molecule has 1 atom stereocenters. The highest BCUT2D eigenvalue weighted by atomic mass is 16.4. The maximum Gasteiger partial charge on any atom is 0.317 e. The molecule has 6 heteroatoms. The summed E-state index contributed by atoms with van der Waals surface area (Å²) in [6.07, 6.45) is 1.78. The first-order chi connectivity index (χ1) is 9.56. The first-order valence-electron chi connectivity index (χ1n) is 7.53. The van der Waals surface area contributed by atoms with Crippen molar-refractivity contribution in [1.29, 1.82) is 0 Å². The number of carbonyl (C=O) groups excluding carboxylic acids is 1. The topological polar surface area (TPSA) is 72.9 Å². The Kier molecular flexibility index (Phi) is 7.36. The molecule has 1 unspecified atom stereocenters. The van der Waals surface area contributed by atoms with E-state index in [0.717, 1.165) is 32.6 Å². The number of nitrogens with zero attached hydrogens (tertiary/aromatic N) is 2. The van der Waals surface area contributed by atoms with Crippen LogP contribution in [-0.4, -0.2) is 66.2 Å². The highest BCUT2D eigenvalue weighted by Gasteiger charge is 2.26. The van der Waals surface area contributed by atoms with E-state index >= 15 is 0 Å². The van der Waals surface area contributed by atoms with Crippen LogP contribution in [0.3, 0.4) is 0 Å². The van der Waals surface area contributed by atoms with Gasteiger partial charge in [-0.2, -0.15) is 0 Å². The van der Waals surface area contributed by atoms with Gasteiger partial charge in [-0.1, -0.05) is 13.8 Å². The summed E-state index contributed by atoms with van der Waals surface area (Å²) in [7, 11) is 0. The van der Waals surface area contributed by atoms with Crippen molar-refractivity contribution in [3.8, 4) is 0 Å². The van der Waals surface area contributed by atoms with Gasteiger partial charge in [0.05, 0.1) is 0 Å². The van der Waals surface area contributed by atoms with E-state index in [4.69, 9.17) is 5.11 Å². The third kappa shape index (κ3) is 5.77. The molecule has 2 N–H and O–H groups in total. The summed E-state index contributed by atoms with van der Waals surface area (Å²) in [5, 5.41) is 11.6. The molecule has 0 aromatic rings. The van der Waals surface area contributed by atoms with Gasteiger partial charge in [0, 0.05) is 32.6 Å². The molecular weight excluding hydrogens is 258 g/mol. The van der Waals surface area contributed by atoms with Gasteiger partial charge in [-0.25, -0.2) is 4.79 Å². The number of nitrogens with one attached hydrogen (secondary N) is 1. The molecule has 6 nitrogen and oxygen atoms in total. The van der Waals surface area contributed by atoms with Crippen molar-refractivity contribution >= 4 is 12.0 Å². The van der Waals surface area contributed by atoms with Gasteiger partial charge in [0.2, 0.25) is 0 Å². The Bertz CT molecular complexity index is 319. The number of likely N-dealkylation sites (N-methyl/N-ethyl adjacent to an activating group) is 1. The van der Waals surface area contributed by atoms with Crippen LogP contribution in [-0.2, 0) is 4.79 Å². The van der Waals surface area contributed by atoms with Crippen molar-refractivity contribution in [2.24, 2.45) is 5.92 Å². The molecule has 116 valence electrons. The largest absolute Gasteiger partial charge is 0.481 e. The third-order valence-electron chi connectivity index (χ3n) is 3.94. The zero-order valence-corrected chi connectivity index (χ0v) is 12.6. The molecule has 0 saturated carbocycles. The second-order valence-electron chi connectivity index (χ2n) is 5.29. The van der Waals surface area contributed by atoms with Gasteiger partial charge >= 0.3 is 12.0 Å². The molecule has 20 heavy (non-hydrogen) atoms. The number of likely N-dealkylation sites (tertiary alicyclic amines) is 1. The van der Waals surface area contributed by atoms with E-state index in [1.165, 1.54) is 0 Å². The van der Waals surface area contributed by atoms with E-state index in [-0.39, 0.29) is 12.5 Å². The van der Waals surface area contributed by atoms with Gasteiger partial charge in [0.1, 0.15) is 0 Å². The van der Waals surface area contributed by atoms with Crippen LogP contribution in [0, 0.1) is 5.92 Å². The average Bonchev–Trinajstić information content (AvgIpc) is 2.90. The zero-order chi connectivity index (χ0) is 15.0. The predicted octanol–water partition coefficient (Wildman–Crippen LogP) is 1.22. The van der Waals surface area contributed by atoms with Crippen LogP contribution < -0.4 is 5.32 Å². The highest BCUT2D eigenvalue weighted by molar-refractivity contribution is 5.74. The van der Waals surface area contributed by atoms with Crippen LogP contribution in [0.25, 0.3) is 0 Å². The lowest BCUT2D eigenvalue weighted by atomic mass is 10.0. The summed E-state index contributed by atoms with van der Waals surface area (Å²) in [5.41, 5.74) is 0. The fourth-order valence-electron chi connectivity index (χ4n) is 2.55. The van der Waals surface area contributed by atoms with Gasteiger partial charge < -0.3 is 20.2 Å². The summed E-state index contributed by atoms with van der Waals surface area (Å²) < 4.78 is 0. The number of hydrogen-bond acceptors (Lipinski definition) is 3. The Morgan fingerprint density at radius 2 is 2.05 bits per heavy atom. The lowest BCUT2D eigenvalue weighted by molar-refractivity contribution is -0.137. The van der Waals surface area contributed by atoms with E-state index in [2.05, 4.69) is 24.1 Å². The highest BCUT2D eigenvalue weighted by Crippen LogP contribution is 2.20. The van der Waals surface area contributed by atoms with E-state index in [1.54, 1.807) is 4.90 Å². The molecule has 1 saturated heterocycles. The zero-order valence-electron chi connectivity index (χ0n) is 12.6. The smallest absolute Gasteiger partial charge is 0.317 e. The van der Waals surface area contributed by atoms with Crippen LogP contribution in [0.4, 0.5) is 4.79 Å². The number of hydrogen-bond donors (Lipinski definition) is 2. The number of carboxylic acid groups (broad SMARTS) is 1. The minimum absolute atomic E-state index is 0.0185. The molecular formula is C14H27N3O3. The summed E-state index contributed by atoms with van der Waals surface area (Å²) in [6.45, 7) is 9.16. The molecule has 1 heterocycles. The first-order valence-corrected chi connectivity index (χ1v) is 7.53. The van der Waals surface area contributed by atoms with Crippen LogP contribution in [0.5, 0.6) is 0 Å². The van der Waals surface area contributed by atoms with Crippen molar-refractivity contribution in [1.82, 2.24) is 15.1 Å². The summed E-state index contributed by atoms with van der Waals surface area (Å²) in [6, 6.07) is -0.0185. The maximum atomic E-state index is 12.0. The molecule has 1 fully saturated rings. The second kappa shape index (κ2) is 8.79. The molecule has 0 aromatic carbocycles. The van der Waals surface area contributed by atoms with Crippen LogP contribution in [0.1, 0.15) is 33.1 Å². The number of rotatable bonds is 8. The molecule has 0 radical (unpaired) electrons. The summed E-state index contributed by atoms with van der Waals surface area (Å²) in [5.74, 6) is -0.424. The van der Waals surface area contributed by atoms with E-state index in [1.807, 2.05) is 0 Å². The van der Waals surface area contributed by atoms with Crippen LogP contribution >= 0.6 is 0 Å². The van der Waals surface area contributed by atoms with Crippen molar-refractivity contribution in [3.05, 3.63) is 0 Å². The van der Waals surface area contributed by atoms with Gasteiger partial charge in [-0.15, -0.1) is 0 Å². The van der Waals surface area contributed by atoms with Gasteiger partial charge in [0.25, 0.3) is 0 Å². The van der Waals surface area contributed by atoms with E-state index in [9.17, 15) is 9.59 Å². The third-order valence-corrected chi connectivity index (χ3v) is 3.94. The Morgan fingerprint density at radius 3 is 2.65 bits per heavy atom. The standard InChI is InChI=1S/C14H27N3O3/c1-3-16(4-2)10-8-15-14(20)17-9-7-12(11-17)5-6-13(18)19/h12H,3-11H2,1-2H3,(H,15,20)(H,18,19). The SMILES string of the molecule is CCN(CC)CCNC(=O)N1CCC(CCC(=O)O)C1. The van der Waals surface area contributed by atoms with Crippen molar-refractivity contribution in [3.63, 3.8) is 0 Å². The molecule has 0 aromatic heterocycles. The summed E-state index contributed by atoms with van der Waals surface area (Å²) >= 11 is 0. The summed E-state index contributed by atoms with van der Waals surface area (Å²) in [4.78, 5) is 26.6. The number of aliphatic carboxylic acids is 1. The fraction of sp³-hybridized carbons (Fsp3) is 0.857. The molecule has 1 aliphatic heterocycles. The van der Waals surface area contributed by atoms with Gasteiger partial charge in [-0.3, -0.25) is 4.79 Å². The minimum Gasteiger partial charge on any atom is -0.481 e. The Morgan fingerprint density at radius 1 is 1.35 bits per heavy atom. The molecule has 0 bridgehead atoms. The molecule has 0 spiro atoms. The fourth-order valence-corrected chi connectivity index (χ4v) is 2.55. The Labute approximate surface area is 121 Å². The second-order valence-corrected chi connectivity index (χ2v) is 5.29. The van der Waals surface area contributed by atoms with E-state index in [0.29, 0.717) is 25.4 Å². The first kappa shape index (κ1) is 16.8. The number of carboxylic acids is 1. The number of urea groups is 1. The Hall–Kier alpha value is -1.30. The molecule has 2 amide bonds. The monoisotopic (exact) mass is 285 g/mol. The average molecular weight is 285 g/mol. The minimum atomic E-state index is -0.757.